The van der Waals surface area contributed by atoms with Gasteiger partial charge in [-0.05, 0) is 36.8 Å². The van der Waals surface area contributed by atoms with Crippen molar-refractivity contribution in [1.29, 1.82) is 0 Å². The molecular weight excluding hydrogens is 325 g/mol. The number of phenolic OH excluding ortho intramolecular Hbond substituents is 1. The summed E-state index contributed by atoms with van der Waals surface area (Å²) in [6, 6.07) is 10.6. The lowest BCUT2D eigenvalue weighted by Gasteiger charge is -2.15. The van der Waals surface area contributed by atoms with Crippen LogP contribution in [0.25, 0.3) is 0 Å². The SMILES string of the molecule is CC(NC(=O)c1ccc(F)cc1O)c1ccc(Br)cc1. The highest BCUT2D eigenvalue weighted by Crippen LogP contribution is 2.20. The van der Waals surface area contributed by atoms with Gasteiger partial charge in [0.25, 0.3) is 5.91 Å². The lowest BCUT2D eigenvalue weighted by atomic mass is 10.1. The number of halogens is 2. The van der Waals surface area contributed by atoms with Crippen molar-refractivity contribution in [2.45, 2.75) is 13.0 Å². The molecule has 2 N–H and O–H groups in total. The van der Waals surface area contributed by atoms with Gasteiger partial charge in [0.2, 0.25) is 0 Å². The molecule has 0 bridgehead atoms. The Morgan fingerprint density at radius 2 is 1.90 bits per heavy atom. The largest absolute Gasteiger partial charge is 0.507 e. The zero-order chi connectivity index (χ0) is 14.7. The van der Waals surface area contributed by atoms with Gasteiger partial charge in [-0.1, -0.05) is 28.1 Å². The topological polar surface area (TPSA) is 49.3 Å². The van der Waals surface area contributed by atoms with E-state index in [0.717, 1.165) is 22.2 Å². The lowest BCUT2D eigenvalue weighted by molar-refractivity contribution is 0.0937. The molecule has 0 heterocycles. The molecule has 0 aliphatic heterocycles. The molecule has 0 fully saturated rings. The summed E-state index contributed by atoms with van der Waals surface area (Å²) in [6.07, 6.45) is 0. The van der Waals surface area contributed by atoms with Crippen molar-refractivity contribution in [3.63, 3.8) is 0 Å². The first-order valence-electron chi connectivity index (χ1n) is 6.02. The highest BCUT2D eigenvalue weighted by atomic mass is 79.9. The fourth-order valence-electron chi connectivity index (χ4n) is 1.81. The van der Waals surface area contributed by atoms with E-state index in [1.807, 2.05) is 31.2 Å². The van der Waals surface area contributed by atoms with E-state index in [1.54, 1.807) is 0 Å². The minimum atomic E-state index is -0.583. The van der Waals surface area contributed by atoms with Gasteiger partial charge in [-0.2, -0.15) is 0 Å². The van der Waals surface area contributed by atoms with Gasteiger partial charge in [-0.3, -0.25) is 4.79 Å². The van der Waals surface area contributed by atoms with Crippen molar-refractivity contribution in [3.8, 4) is 5.75 Å². The summed E-state index contributed by atoms with van der Waals surface area (Å²) in [5.41, 5.74) is 0.985. The van der Waals surface area contributed by atoms with Crippen LogP contribution in [0, 0.1) is 5.82 Å². The molecule has 20 heavy (non-hydrogen) atoms. The van der Waals surface area contributed by atoms with Crippen LogP contribution in [0.2, 0.25) is 0 Å². The molecule has 2 aromatic rings. The Bertz CT molecular complexity index is 628. The minimum absolute atomic E-state index is 0.0513. The molecule has 1 unspecified atom stereocenters. The number of phenols is 1. The van der Waals surface area contributed by atoms with E-state index >= 15 is 0 Å². The van der Waals surface area contributed by atoms with Crippen LogP contribution in [0.3, 0.4) is 0 Å². The molecule has 0 aliphatic carbocycles. The Balaban J connectivity index is 2.13. The predicted molar refractivity (Wildman–Crippen MR) is 78.1 cm³/mol. The standard InChI is InChI=1S/C15H13BrFNO2/c1-9(10-2-4-11(16)5-3-10)18-15(20)13-7-6-12(17)8-14(13)19/h2-9,19H,1H3,(H,18,20). The van der Waals surface area contributed by atoms with Gasteiger partial charge in [-0.15, -0.1) is 0 Å². The van der Waals surface area contributed by atoms with Crippen LogP contribution in [0.5, 0.6) is 5.75 Å². The average molecular weight is 338 g/mol. The Morgan fingerprint density at radius 3 is 2.50 bits per heavy atom. The summed E-state index contributed by atoms with van der Waals surface area (Å²) in [5, 5.41) is 12.3. The van der Waals surface area contributed by atoms with Crippen molar-refractivity contribution in [1.82, 2.24) is 5.32 Å². The van der Waals surface area contributed by atoms with Crippen molar-refractivity contribution in [2.75, 3.05) is 0 Å². The van der Waals surface area contributed by atoms with Crippen molar-refractivity contribution < 1.29 is 14.3 Å². The number of aromatic hydroxyl groups is 1. The molecule has 1 amide bonds. The summed E-state index contributed by atoms with van der Waals surface area (Å²) in [7, 11) is 0. The maximum atomic E-state index is 12.9. The number of amides is 1. The maximum absolute atomic E-state index is 12.9. The first-order valence-corrected chi connectivity index (χ1v) is 6.81. The van der Waals surface area contributed by atoms with Crippen LogP contribution in [-0.4, -0.2) is 11.0 Å². The summed E-state index contributed by atoms with van der Waals surface area (Å²) in [6.45, 7) is 1.84. The van der Waals surface area contributed by atoms with Crippen molar-refractivity contribution >= 4 is 21.8 Å². The van der Waals surface area contributed by atoms with Gasteiger partial charge in [-0.25, -0.2) is 4.39 Å². The number of carbonyl (C=O) groups excluding carboxylic acids is 1. The fourth-order valence-corrected chi connectivity index (χ4v) is 2.07. The van der Waals surface area contributed by atoms with Gasteiger partial charge in [0.05, 0.1) is 11.6 Å². The number of nitrogens with one attached hydrogen (secondary N) is 1. The van der Waals surface area contributed by atoms with Crippen LogP contribution < -0.4 is 5.32 Å². The van der Waals surface area contributed by atoms with Crippen LogP contribution >= 0.6 is 15.9 Å². The zero-order valence-electron chi connectivity index (χ0n) is 10.7. The fraction of sp³-hybridized carbons (Fsp3) is 0.133. The first-order chi connectivity index (χ1) is 9.47. The zero-order valence-corrected chi connectivity index (χ0v) is 12.3. The first kappa shape index (κ1) is 14.5. The normalized spacial score (nSPS) is 11.9. The van der Waals surface area contributed by atoms with Crippen LogP contribution in [0.1, 0.15) is 28.9 Å². The average Bonchev–Trinajstić information content (AvgIpc) is 2.39. The van der Waals surface area contributed by atoms with Gasteiger partial charge in [0.15, 0.2) is 0 Å². The van der Waals surface area contributed by atoms with E-state index in [2.05, 4.69) is 21.2 Å². The van der Waals surface area contributed by atoms with Gasteiger partial charge < -0.3 is 10.4 Å². The van der Waals surface area contributed by atoms with E-state index in [0.29, 0.717) is 0 Å². The Hall–Kier alpha value is -1.88. The van der Waals surface area contributed by atoms with E-state index < -0.39 is 11.7 Å². The number of carbonyl (C=O) groups is 1. The second kappa shape index (κ2) is 6.05. The summed E-state index contributed by atoms with van der Waals surface area (Å²) < 4.78 is 13.8. The summed E-state index contributed by atoms with van der Waals surface area (Å²) in [5.74, 6) is -1.40. The number of rotatable bonds is 3. The number of hydrogen-bond acceptors (Lipinski definition) is 2. The highest BCUT2D eigenvalue weighted by molar-refractivity contribution is 9.10. The number of benzene rings is 2. The Kier molecular flexibility index (Phi) is 4.39. The van der Waals surface area contributed by atoms with Crippen LogP contribution in [-0.2, 0) is 0 Å². The quantitative estimate of drug-likeness (QED) is 0.895. The van der Waals surface area contributed by atoms with Gasteiger partial charge >= 0.3 is 0 Å². The van der Waals surface area contributed by atoms with Gasteiger partial charge in [0.1, 0.15) is 11.6 Å². The molecule has 0 saturated heterocycles. The van der Waals surface area contributed by atoms with E-state index in [4.69, 9.17) is 0 Å². The molecule has 1 atom stereocenters. The molecule has 2 rings (SSSR count). The third kappa shape index (κ3) is 3.36. The molecule has 0 saturated carbocycles. The van der Waals surface area contributed by atoms with E-state index in [1.165, 1.54) is 6.07 Å². The second-order valence-corrected chi connectivity index (χ2v) is 5.32. The van der Waals surface area contributed by atoms with Crippen LogP contribution in [0.15, 0.2) is 46.9 Å². The minimum Gasteiger partial charge on any atom is -0.507 e. The van der Waals surface area contributed by atoms with E-state index in [9.17, 15) is 14.3 Å². The Morgan fingerprint density at radius 1 is 1.25 bits per heavy atom. The van der Waals surface area contributed by atoms with Crippen LogP contribution in [0.4, 0.5) is 4.39 Å². The monoisotopic (exact) mass is 337 g/mol. The summed E-state index contributed by atoms with van der Waals surface area (Å²) in [4.78, 5) is 12.0. The predicted octanol–water partition coefficient (Wildman–Crippen LogP) is 3.78. The number of hydrogen-bond donors (Lipinski definition) is 2. The molecule has 0 aliphatic rings. The molecular formula is C15H13BrFNO2. The van der Waals surface area contributed by atoms with Crippen molar-refractivity contribution in [2.24, 2.45) is 0 Å². The molecule has 0 aromatic heterocycles. The highest BCUT2D eigenvalue weighted by Gasteiger charge is 2.15. The molecule has 5 heteroatoms. The molecule has 2 aromatic carbocycles. The third-order valence-corrected chi connectivity index (χ3v) is 3.45. The Labute approximate surface area is 124 Å². The summed E-state index contributed by atoms with van der Waals surface area (Å²) >= 11 is 3.34. The molecule has 0 spiro atoms. The third-order valence-electron chi connectivity index (χ3n) is 2.92. The van der Waals surface area contributed by atoms with Crippen molar-refractivity contribution in [3.05, 3.63) is 63.9 Å². The van der Waals surface area contributed by atoms with Gasteiger partial charge in [0, 0.05) is 10.5 Å². The molecule has 104 valence electrons. The van der Waals surface area contributed by atoms with E-state index in [-0.39, 0.29) is 17.4 Å². The molecule has 3 nitrogen and oxygen atoms in total. The second-order valence-electron chi connectivity index (χ2n) is 4.41. The lowest BCUT2D eigenvalue weighted by Crippen LogP contribution is -2.26. The molecule has 0 radical (unpaired) electrons. The maximum Gasteiger partial charge on any atom is 0.255 e. The smallest absolute Gasteiger partial charge is 0.255 e.